The van der Waals surface area contributed by atoms with Gasteiger partial charge in [0.2, 0.25) is 0 Å². The van der Waals surface area contributed by atoms with Crippen LogP contribution in [0.4, 0.5) is 0 Å². The third-order valence-electron chi connectivity index (χ3n) is 5.39. The summed E-state index contributed by atoms with van der Waals surface area (Å²) in [5, 5.41) is 21.2. The maximum absolute atomic E-state index is 10.6. The lowest BCUT2D eigenvalue weighted by Crippen LogP contribution is -2.42. The zero-order valence-corrected chi connectivity index (χ0v) is 16.3. The van der Waals surface area contributed by atoms with Crippen LogP contribution in [-0.4, -0.2) is 59.3 Å². The zero-order chi connectivity index (χ0) is 19.1. The van der Waals surface area contributed by atoms with E-state index in [4.69, 9.17) is 0 Å². The van der Waals surface area contributed by atoms with Crippen LogP contribution in [-0.2, 0) is 0 Å². The second-order valence-electron chi connectivity index (χ2n) is 7.15. The van der Waals surface area contributed by atoms with Gasteiger partial charge in [-0.3, -0.25) is 9.80 Å². The summed E-state index contributed by atoms with van der Waals surface area (Å²) < 4.78 is 0. The Morgan fingerprint density at radius 1 is 0.654 bits per heavy atom. The number of aliphatic hydroxyl groups is 2. The van der Waals surface area contributed by atoms with Crippen molar-refractivity contribution in [1.82, 2.24) is 9.80 Å². The number of rotatable bonds is 9. The summed E-state index contributed by atoms with van der Waals surface area (Å²) in [4.78, 5) is 4.32. The summed E-state index contributed by atoms with van der Waals surface area (Å²) >= 11 is 0. The van der Waals surface area contributed by atoms with Crippen LogP contribution in [0.25, 0.3) is 0 Å². The van der Waals surface area contributed by atoms with Crippen molar-refractivity contribution in [2.45, 2.75) is 38.1 Å². The molecule has 4 atom stereocenters. The molecule has 0 aliphatic rings. The molecular formula is C22H32N2O2. The first kappa shape index (κ1) is 20.6. The van der Waals surface area contributed by atoms with Crippen molar-refractivity contribution in [1.29, 1.82) is 0 Å². The van der Waals surface area contributed by atoms with Crippen molar-refractivity contribution in [3.05, 3.63) is 71.8 Å². The average molecular weight is 357 g/mol. The second-order valence-corrected chi connectivity index (χ2v) is 7.15. The van der Waals surface area contributed by atoms with Gasteiger partial charge >= 0.3 is 0 Å². The van der Waals surface area contributed by atoms with Gasteiger partial charge in [-0.15, -0.1) is 0 Å². The summed E-state index contributed by atoms with van der Waals surface area (Å²) in [6.45, 7) is 5.71. The molecule has 2 unspecified atom stereocenters. The van der Waals surface area contributed by atoms with Crippen molar-refractivity contribution in [2.24, 2.45) is 0 Å². The molecule has 4 heteroatoms. The molecule has 0 aromatic heterocycles. The summed E-state index contributed by atoms with van der Waals surface area (Å²) in [5.41, 5.74) is 1.88. The molecule has 0 amide bonds. The number of nitrogens with zero attached hydrogens (tertiary/aromatic N) is 2. The molecule has 142 valence electrons. The molecule has 0 saturated heterocycles. The molecular weight excluding hydrogens is 324 g/mol. The fourth-order valence-electron chi connectivity index (χ4n) is 3.06. The number of aliphatic hydroxyl groups excluding tert-OH is 2. The Labute approximate surface area is 157 Å². The van der Waals surface area contributed by atoms with Gasteiger partial charge in [-0.05, 0) is 39.1 Å². The molecule has 2 rings (SSSR count). The van der Waals surface area contributed by atoms with E-state index in [1.165, 1.54) is 0 Å². The number of hydrogen-bond acceptors (Lipinski definition) is 4. The smallest absolute Gasteiger partial charge is 0.0942 e. The minimum absolute atomic E-state index is 0.0140. The Kier molecular flexibility index (Phi) is 7.79. The van der Waals surface area contributed by atoms with Crippen LogP contribution < -0.4 is 0 Å². The molecule has 0 spiro atoms. The van der Waals surface area contributed by atoms with E-state index in [1.807, 2.05) is 88.6 Å². The van der Waals surface area contributed by atoms with Gasteiger partial charge in [-0.1, -0.05) is 60.7 Å². The molecule has 0 aliphatic carbocycles. The highest BCUT2D eigenvalue weighted by atomic mass is 16.3. The maximum Gasteiger partial charge on any atom is 0.0942 e. The van der Waals surface area contributed by atoms with Crippen molar-refractivity contribution in [3.63, 3.8) is 0 Å². The highest BCUT2D eigenvalue weighted by Gasteiger charge is 2.23. The van der Waals surface area contributed by atoms with Gasteiger partial charge in [-0.25, -0.2) is 0 Å². The molecule has 0 heterocycles. The van der Waals surface area contributed by atoms with Crippen LogP contribution >= 0.6 is 0 Å². The van der Waals surface area contributed by atoms with Crippen molar-refractivity contribution in [2.75, 3.05) is 27.2 Å². The molecule has 26 heavy (non-hydrogen) atoms. The Hall–Kier alpha value is -1.72. The van der Waals surface area contributed by atoms with E-state index in [0.29, 0.717) is 0 Å². The summed E-state index contributed by atoms with van der Waals surface area (Å²) in [6, 6.07) is 19.6. The van der Waals surface area contributed by atoms with Gasteiger partial charge in [0.15, 0.2) is 0 Å². The Balaban J connectivity index is 1.86. The zero-order valence-electron chi connectivity index (χ0n) is 16.3. The molecule has 0 bridgehead atoms. The Morgan fingerprint density at radius 3 is 1.27 bits per heavy atom. The van der Waals surface area contributed by atoms with Crippen molar-refractivity contribution >= 4 is 0 Å². The van der Waals surface area contributed by atoms with Crippen LogP contribution in [0.3, 0.4) is 0 Å². The predicted octanol–water partition coefficient (Wildman–Crippen LogP) is 3.09. The number of hydrogen-bond donors (Lipinski definition) is 2. The number of benzene rings is 2. The van der Waals surface area contributed by atoms with E-state index in [0.717, 1.165) is 24.2 Å². The first-order valence-electron chi connectivity index (χ1n) is 9.28. The molecule has 2 N–H and O–H groups in total. The lowest BCUT2D eigenvalue weighted by atomic mass is 10.0. The van der Waals surface area contributed by atoms with Crippen LogP contribution in [0.2, 0.25) is 0 Å². The Morgan fingerprint density at radius 2 is 0.962 bits per heavy atom. The second kappa shape index (κ2) is 9.83. The minimum atomic E-state index is -0.515. The van der Waals surface area contributed by atoms with E-state index in [9.17, 15) is 10.2 Å². The van der Waals surface area contributed by atoms with E-state index in [-0.39, 0.29) is 12.1 Å². The molecule has 2 aromatic rings. The average Bonchev–Trinajstić information content (AvgIpc) is 2.70. The molecule has 4 nitrogen and oxygen atoms in total. The molecule has 0 aliphatic heterocycles. The van der Waals surface area contributed by atoms with E-state index < -0.39 is 12.2 Å². The third-order valence-corrected chi connectivity index (χ3v) is 5.39. The highest BCUT2D eigenvalue weighted by molar-refractivity contribution is 5.19. The SMILES string of the molecule is CC([C@H](O)c1ccccc1)N(C)CCN(C)C(C)[C@@H](O)c1ccccc1. The van der Waals surface area contributed by atoms with E-state index >= 15 is 0 Å². The van der Waals surface area contributed by atoms with E-state index in [1.54, 1.807) is 0 Å². The molecule has 2 aromatic carbocycles. The van der Waals surface area contributed by atoms with Crippen molar-refractivity contribution < 1.29 is 10.2 Å². The number of likely N-dealkylation sites (N-methyl/N-ethyl adjacent to an activating group) is 2. The molecule has 0 fully saturated rings. The minimum Gasteiger partial charge on any atom is -0.387 e. The predicted molar refractivity (Wildman–Crippen MR) is 107 cm³/mol. The van der Waals surface area contributed by atoms with Gasteiger partial charge in [0.1, 0.15) is 0 Å². The van der Waals surface area contributed by atoms with Crippen LogP contribution in [0.15, 0.2) is 60.7 Å². The largest absolute Gasteiger partial charge is 0.387 e. The summed E-state index contributed by atoms with van der Waals surface area (Å²) in [6.07, 6.45) is -1.03. The molecule has 0 radical (unpaired) electrons. The topological polar surface area (TPSA) is 46.9 Å². The van der Waals surface area contributed by atoms with Gasteiger partial charge in [0.25, 0.3) is 0 Å². The van der Waals surface area contributed by atoms with Crippen molar-refractivity contribution in [3.8, 4) is 0 Å². The van der Waals surface area contributed by atoms with Crippen LogP contribution in [0.5, 0.6) is 0 Å². The lowest BCUT2D eigenvalue weighted by molar-refractivity contribution is 0.0466. The van der Waals surface area contributed by atoms with Gasteiger partial charge in [-0.2, -0.15) is 0 Å². The van der Waals surface area contributed by atoms with Gasteiger partial charge < -0.3 is 10.2 Å². The first-order chi connectivity index (χ1) is 12.4. The normalized spacial score (nSPS) is 16.5. The molecule has 0 saturated carbocycles. The Bertz CT molecular complexity index is 578. The monoisotopic (exact) mass is 356 g/mol. The lowest BCUT2D eigenvalue weighted by Gasteiger charge is -2.33. The quantitative estimate of drug-likeness (QED) is 0.725. The standard InChI is InChI=1S/C22H32N2O2/c1-17(21(25)19-11-7-5-8-12-19)23(3)15-16-24(4)18(2)22(26)20-13-9-6-10-14-20/h5-14,17-18,21-22,25-26H,15-16H2,1-4H3/t17?,18?,21-,22+. The van der Waals surface area contributed by atoms with Crippen LogP contribution in [0, 0.1) is 0 Å². The summed E-state index contributed by atoms with van der Waals surface area (Å²) in [7, 11) is 4.06. The third kappa shape index (κ3) is 5.39. The maximum atomic E-state index is 10.6. The van der Waals surface area contributed by atoms with E-state index in [2.05, 4.69) is 9.80 Å². The van der Waals surface area contributed by atoms with Crippen LogP contribution in [0.1, 0.15) is 37.2 Å². The fourth-order valence-corrected chi connectivity index (χ4v) is 3.06. The van der Waals surface area contributed by atoms with Gasteiger partial charge in [0.05, 0.1) is 12.2 Å². The van der Waals surface area contributed by atoms with Gasteiger partial charge in [0, 0.05) is 25.2 Å². The first-order valence-corrected chi connectivity index (χ1v) is 9.28. The highest BCUT2D eigenvalue weighted by Crippen LogP contribution is 2.21. The fraction of sp³-hybridized carbons (Fsp3) is 0.455. The summed E-state index contributed by atoms with van der Waals surface area (Å²) in [5.74, 6) is 0.